The molecule has 0 amide bonds. The fourth-order valence-electron chi connectivity index (χ4n) is 9.75. The molecule has 78 heavy (non-hydrogen) atoms. The number of hydrogen-bond acceptors (Lipinski definition) is 11. The number of aromatic carboxylic acids is 1. The van der Waals surface area contributed by atoms with Crippen LogP contribution in [-0.2, 0) is 4.74 Å². The smallest absolute Gasteiger partial charge is 0.336 e. The number of benzene rings is 4. The number of carboxylic acids is 1. The van der Waals surface area contributed by atoms with E-state index in [0.29, 0.717) is 17.0 Å². The van der Waals surface area contributed by atoms with E-state index in [1.807, 2.05) is 64.6 Å². The predicted molar refractivity (Wildman–Crippen MR) is 325 cm³/mol. The first-order chi connectivity index (χ1) is 35.3. The van der Waals surface area contributed by atoms with E-state index in [1.54, 1.807) is 40.7 Å². The Labute approximate surface area is 471 Å². The number of nitrogens with one attached hydrogen (secondary N) is 1. The molecule has 7 rings (SSSR count). The molecule has 0 aromatic heterocycles. The zero-order valence-electron chi connectivity index (χ0n) is 52.5. The van der Waals surface area contributed by atoms with Gasteiger partial charge in [-0.2, -0.15) is 0 Å². The van der Waals surface area contributed by atoms with Crippen LogP contribution in [0.5, 0.6) is 0 Å². The number of rotatable bonds is 8. The van der Waals surface area contributed by atoms with Gasteiger partial charge < -0.3 is 15.2 Å². The maximum absolute atomic E-state index is 11.9. The zero-order chi connectivity index (χ0) is 60.2. The second kappa shape index (κ2) is 22.6. The summed E-state index contributed by atoms with van der Waals surface area (Å²) in [5, 5.41) is 13.7. The monoisotopic (exact) mass is 1080 g/mol. The van der Waals surface area contributed by atoms with E-state index in [-0.39, 0.29) is 61.2 Å². The van der Waals surface area contributed by atoms with Gasteiger partial charge in [0.2, 0.25) is 5.90 Å². The molecule has 11 nitrogen and oxygen atoms in total. The van der Waals surface area contributed by atoms with Gasteiger partial charge in [0.1, 0.15) is 11.4 Å². The van der Waals surface area contributed by atoms with Crippen molar-refractivity contribution in [3.8, 4) is 0 Å². The number of ether oxygens (including phenoxy) is 1. The lowest BCUT2D eigenvalue weighted by molar-refractivity contribution is 0.0618. The second-order valence-corrected chi connectivity index (χ2v) is 26.6. The molecule has 0 saturated heterocycles. The van der Waals surface area contributed by atoms with Gasteiger partial charge in [0.25, 0.3) is 0 Å². The number of Topliss-reactive ketones (excluding diaryl/α,β-unsaturated/α-hetero) is 4. The first-order valence-corrected chi connectivity index (χ1v) is 27.8. The molecule has 3 heterocycles. The highest BCUT2D eigenvalue weighted by molar-refractivity contribution is 8.16. The third kappa shape index (κ3) is 12.5. The van der Waals surface area contributed by atoms with E-state index in [1.165, 1.54) is 18.1 Å². The van der Waals surface area contributed by atoms with Crippen LogP contribution in [0.3, 0.4) is 0 Å². The molecular formula is C66H90N4O7S. The van der Waals surface area contributed by atoms with Crippen molar-refractivity contribution in [1.29, 1.82) is 0 Å². The van der Waals surface area contributed by atoms with Gasteiger partial charge in [-0.1, -0.05) is 11.8 Å². The topological polar surface area (TPSA) is 164 Å². The number of thioether (sulfide) groups is 1. The molecule has 0 fully saturated rings. The standard InChI is InChI=1S/C18H26N2O.C18H25NO2.C18H25NOS.C12H14O3/c1-10-9-14(13(4)21)12(3)15(11(10)2)16-19-17(5,6)18(7,8)20-16;2*1-10-9-14(13(4)20)12(3)15(11(10)2)16-19-17(5,6)18(7,8)21-16;1-6-5-10(9(4)13)8(3)11(7(6)2)12(14)15/h9H,1-8H3,(H,19,20);2*9H,1-8H3;5H,1-4H3,(H,14,15). The van der Waals surface area contributed by atoms with Crippen molar-refractivity contribution in [2.45, 2.75) is 226 Å². The van der Waals surface area contributed by atoms with Crippen LogP contribution in [-0.4, -0.2) is 83.5 Å². The number of carboxylic acid groups (broad SMARTS) is 1. The van der Waals surface area contributed by atoms with Crippen LogP contribution in [0.15, 0.2) is 39.2 Å². The molecule has 0 bridgehead atoms. The minimum atomic E-state index is -0.976. The van der Waals surface area contributed by atoms with Gasteiger partial charge in [0.05, 0.1) is 32.8 Å². The molecule has 0 radical (unpaired) electrons. The maximum Gasteiger partial charge on any atom is 0.336 e. The summed E-state index contributed by atoms with van der Waals surface area (Å²) in [7, 11) is 0. The Bertz CT molecular complexity index is 2990. The molecule has 3 aliphatic heterocycles. The minimum absolute atomic E-state index is 0.0569. The SMILES string of the molecule is CC(=O)c1cc(C)c(C)c(C(=O)O)c1C.CC(=O)c1cc(C)c(C)c(C2=NC(C)(C)C(C)(C)N2)c1C.CC(=O)c1cc(C)c(C)c(C2=NC(C)(C)C(C)(C)O2)c1C.CC(=O)c1cc(C)c(C)c(C2=NC(C)(C)C(C)(C)S2)c1C. The lowest BCUT2D eigenvalue weighted by Crippen LogP contribution is -2.50. The Balaban J connectivity index is 0.000000226. The largest absolute Gasteiger partial charge is 0.478 e. The van der Waals surface area contributed by atoms with Gasteiger partial charge in [0, 0.05) is 43.7 Å². The van der Waals surface area contributed by atoms with Crippen LogP contribution in [0.25, 0.3) is 0 Å². The summed E-state index contributed by atoms with van der Waals surface area (Å²) < 4.78 is 6.20. The number of ketones is 4. The Morgan fingerprint density at radius 3 is 1.14 bits per heavy atom. The molecule has 0 atom stereocenters. The van der Waals surface area contributed by atoms with Gasteiger partial charge in [-0.3, -0.25) is 29.2 Å². The molecule has 0 unspecified atom stereocenters. The van der Waals surface area contributed by atoms with Gasteiger partial charge in [-0.25, -0.2) is 9.79 Å². The lowest BCUT2D eigenvalue weighted by Gasteiger charge is -2.32. The van der Waals surface area contributed by atoms with Gasteiger partial charge in [0.15, 0.2) is 23.1 Å². The number of aliphatic imine (C=N–C) groups is 3. The molecule has 3 aliphatic rings. The Hall–Kier alpha value is -6.01. The quantitative estimate of drug-likeness (QED) is 0.163. The van der Waals surface area contributed by atoms with Gasteiger partial charge in [-0.15, -0.1) is 0 Å². The number of carbonyl (C=O) groups is 5. The van der Waals surface area contributed by atoms with Crippen LogP contribution < -0.4 is 5.32 Å². The Kier molecular flexibility index (Phi) is 18.7. The van der Waals surface area contributed by atoms with E-state index in [9.17, 15) is 24.0 Å². The molecular weight excluding hydrogens is 993 g/mol. The van der Waals surface area contributed by atoms with Crippen LogP contribution in [0.1, 0.15) is 246 Å². The average molecular weight is 1080 g/mol. The highest BCUT2D eigenvalue weighted by atomic mass is 32.2. The van der Waals surface area contributed by atoms with Crippen molar-refractivity contribution in [3.63, 3.8) is 0 Å². The van der Waals surface area contributed by atoms with Crippen molar-refractivity contribution < 1.29 is 33.8 Å². The number of nitrogens with zero attached hydrogens (tertiary/aromatic N) is 3. The normalized spacial score (nSPS) is 17.5. The number of carbonyl (C=O) groups excluding carboxylic acids is 4. The first-order valence-electron chi connectivity index (χ1n) is 27.0. The Morgan fingerprint density at radius 1 is 0.449 bits per heavy atom. The van der Waals surface area contributed by atoms with Crippen LogP contribution in [0, 0.1) is 83.1 Å². The molecule has 4 aromatic rings. The molecule has 0 saturated carbocycles. The summed E-state index contributed by atoms with van der Waals surface area (Å²) in [4.78, 5) is 72.7. The van der Waals surface area contributed by atoms with Crippen molar-refractivity contribution in [2.24, 2.45) is 15.0 Å². The summed E-state index contributed by atoms with van der Waals surface area (Å²) in [5.74, 6) is 0.800. The lowest BCUT2D eigenvalue weighted by atomic mass is 9.85. The van der Waals surface area contributed by atoms with Crippen LogP contribution in [0.2, 0.25) is 0 Å². The van der Waals surface area contributed by atoms with Crippen LogP contribution in [0.4, 0.5) is 0 Å². The summed E-state index contributed by atoms with van der Waals surface area (Å²) in [6.07, 6.45) is 0. The third-order valence-corrected chi connectivity index (χ3v) is 19.1. The minimum Gasteiger partial charge on any atom is -0.478 e. The van der Waals surface area contributed by atoms with E-state index in [0.717, 1.165) is 94.3 Å². The van der Waals surface area contributed by atoms with Crippen molar-refractivity contribution in [1.82, 2.24) is 5.32 Å². The summed E-state index contributed by atoms with van der Waals surface area (Å²) in [6.45, 7) is 55.7. The molecule has 12 heteroatoms. The zero-order valence-corrected chi connectivity index (χ0v) is 53.3. The third-order valence-electron chi connectivity index (χ3n) is 17.6. The number of hydrogen-bond donors (Lipinski definition) is 2. The molecule has 2 N–H and O–H groups in total. The summed E-state index contributed by atoms with van der Waals surface area (Å²) in [6, 6.07) is 7.71. The highest BCUT2D eigenvalue weighted by Gasteiger charge is 2.47. The van der Waals surface area contributed by atoms with Crippen LogP contribution >= 0.6 is 11.8 Å². The predicted octanol–water partition coefficient (Wildman–Crippen LogP) is 15.2. The van der Waals surface area contributed by atoms with Crippen molar-refractivity contribution >= 4 is 57.6 Å². The maximum atomic E-state index is 11.9. The fraction of sp³-hybridized carbons (Fsp3) is 0.515. The van der Waals surface area contributed by atoms with Crippen molar-refractivity contribution in [3.05, 3.63) is 136 Å². The first kappa shape index (κ1) is 64.5. The number of amidine groups is 1. The van der Waals surface area contributed by atoms with Gasteiger partial charge in [-0.05, 0) is 285 Å². The summed E-state index contributed by atoms with van der Waals surface area (Å²) in [5.41, 5.74) is 17.4. The average Bonchev–Trinajstić information content (AvgIpc) is 3.74. The molecule has 0 aliphatic carbocycles. The Morgan fingerprint density at radius 2 is 0.808 bits per heavy atom. The van der Waals surface area contributed by atoms with Crippen molar-refractivity contribution in [2.75, 3.05) is 0 Å². The molecule has 422 valence electrons. The fourth-order valence-corrected chi connectivity index (χ4v) is 11.2. The van der Waals surface area contributed by atoms with E-state index in [2.05, 4.69) is 123 Å². The second-order valence-electron chi connectivity index (χ2n) is 24.9. The van der Waals surface area contributed by atoms with E-state index >= 15 is 0 Å². The molecule has 0 spiro atoms. The van der Waals surface area contributed by atoms with E-state index in [4.69, 9.17) is 24.8 Å². The number of aryl methyl sites for hydroxylation is 4. The molecule has 4 aromatic carbocycles. The van der Waals surface area contributed by atoms with E-state index < -0.39 is 5.97 Å². The highest BCUT2D eigenvalue weighted by Crippen LogP contribution is 2.48. The summed E-state index contributed by atoms with van der Waals surface area (Å²) >= 11 is 1.82. The van der Waals surface area contributed by atoms with Gasteiger partial charge >= 0.3 is 5.97 Å².